The highest BCUT2D eigenvalue weighted by atomic mass is 16.5. The molecule has 0 fully saturated rings. The summed E-state index contributed by atoms with van der Waals surface area (Å²) in [5.74, 6) is 0.600. The molecule has 3 unspecified atom stereocenters. The lowest BCUT2D eigenvalue weighted by molar-refractivity contribution is 0.0618. The molecule has 1 aliphatic rings. The maximum Gasteiger partial charge on any atom is 0.0635 e. The summed E-state index contributed by atoms with van der Waals surface area (Å²) in [6, 6.07) is 8.57. The fraction of sp³-hybridized carbons (Fsp3) is 0.625. The number of benzene rings is 1. The molecule has 1 aromatic carbocycles. The van der Waals surface area contributed by atoms with Gasteiger partial charge in [-0.3, -0.25) is 0 Å². The third-order valence-corrected chi connectivity index (χ3v) is 4.19. The topological polar surface area (TPSA) is 29.5 Å². The van der Waals surface area contributed by atoms with Crippen LogP contribution in [0.25, 0.3) is 0 Å². The highest BCUT2D eigenvalue weighted by molar-refractivity contribution is 5.33. The van der Waals surface area contributed by atoms with Crippen molar-refractivity contribution in [3.05, 3.63) is 35.4 Å². The van der Waals surface area contributed by atoms with E-state index in [0.29, 0.717) is 11.8 Å². The second-order valence-electron chi connectivity index (χ2n) is 5.45. The first-order valence-corrected chi connectivity index (χ1v) is 6.99. The van der Waals surface area contributed by atoms with E-state index in [9.17, 15) is 5.11 Å². The monoisotopic (exact) mass is 248 g/mol. The molecule has 1 aromatic rings. The van der Waals surface area contributed by atoms with Gasteiger partial charge >= 0.3 is 0 Å². The molecule has 0 aliphatic heterocycles. The van der Waals surface area contributed by atoms with Gasteiger partial charge in [0.2, 0.25) is 0 Å². The Bertz CT molecular complexity index is 375. The number of methoxy groups -OCH3 is 1. The minimum absolute atomic E-state index is 0.249. The molecule has 1 aliphatic carbocycles. The lowest BCUT2D eigenvalue weighted by Gasteiger charge is -2.32. The highest BCUT2D eigenvalue weighted by Gasteiger charge is 2.29. The van der Waals surface area contributed by atoms with Gasteiger partial charge in [-0.1, -0.05) is 31.2 Å². The number of aryl methyl sites for hydroxylation is 1. The average Bonchev–Trinajstić information content (AvgIpc) is 2.43. The van der Waals surface area contributed by atoms with Gasteiger partial charge in [-0.2, -0.15) is 0 Å². The molecule has 0 saturated carbocycles. The number of fused-ring (bicyclic) bond motifs is 1. The molecule has 3 atom stereocenters. The van der Waals surface area contributed by atoms with Gasteiger partial charge in [-0.25, -0.2) is 0 Å². The summed E-state index contributed by atoms with van der Waals surface area (Å²) in [6.07, 6.45) is 4.13. The van der Waals surface area contributed by atoms with Gasteiger partial charge in [-0.15, -0.1) is 0 Å². The Balaban J connectivity index is 2.09. The molecule has 0 saturated heterocycles. The van der Waals surface area contributed by atoms with Crippen LogP contribution in [0.1, 0.15) is 43.2 Å². The van der Waals surface area contributed by atoms with E-state index in [0.717, 1.165) is 25.9 Å². The van der Waals surface area contributed by atoms with Crippen molar-refractivity contribution in [2.75, 3.05) is 13.7 Å². The summed E-state index contributed by atoms with van der Waals surface area (Å²) < 4.78 is 5.11. The zero-order chi connectivity index (χ0) is 13.0. The van der Waals surface area contributed by atoms with Gasteiger partial charge < -0.3 is 9.84 Å². The summed E-state index contributed by atoms with van der Waals surface area (Å²) >= 11 is 0. The molecule has 2 rings (SSSR count). The van der Waals surface area contributed by atoms with Crippen LogP contribution in [-0.4, -0.2) is 24.9 Å². The second-order valence-corrected chi connectivity index (χ2v) is 5.45. The van der Waals surface area contributed by atoms with Crippen molar-refractivity contribution in [3.8, 4) is 0 Å². The van der Waals surface area contributed by atoms with Crippen LogP contribution in [0.3, 0.4) is 0 Å². The Morgan fingerprint density at radius 3 is 2.94 bits per heavy atom. The van der Waals surface area contributed by atoms with Gasteiger partial charge in [0.1, 0.15) is 0 Å². The highest BCUT2D eigenvalue weighted by Crippen LogP contribution is 2.36. The first-order valence-electron chi connectivity index (χ1n) is 6.99. The molecule has 0 spiro atoms. The molecule has 0 radical (unpaired) electrons. The van der Waals surface area contributed by atoms with Crippen molar-refractivity contribution in [1.29, 1.82) is 0 Å². The number of aliphatic hydroxyl groups excluding tert-OH is 1. The Kier molecular flexibility index (Phi) is 4.79. The summed E-state index contributed by atoms with van der Waals surface area (Å²) in [5.41, 5.74) is 2.78. The fourth-order valence-electron chi connectivity index (χ4n) is 3.02. The van der Waals surface area contributed by atoms with Crippen LogP contribution in [0.5, 0.6) is 0 Å². The normalized spacial score (nSPS) is 22.3. The summed E-state index contributed by atoms with van der Waals surface area (Å²) in [6.45, 7) is 2.85. The molecule has 0 heterocycles. The van der Waals surface area contributed by atoms with Crippen molar-refractivity contribution in [3.63, 3.8) is 0 Å². The van der Waals surface area contributed by atoms with E-state index >= 15 is 0 Å². The lowest BCUT2D eigenvalue weighted by Crippen LogP contribution is -2.29. The first-order chi connectivity index (χ1) is 8.74. The molecule has 1 N–H and O–H groups in total. The second kappa shape index (κ2) is 6.35. The zero-order valence-corrected chi connectivity index (χ0v) is 11.4. The van der Waals surface area contributed by atoms with Crippen LogP contribution in [0.4, 0.5) is 0 Å². The smallest absolute Gasteiger partial charge is 0.0635 e. The molecule has 2 heteroatoms. The minimum Gasteiger partial charge on any atom is -0.392 e. The van der Waals surface area contributed by atoms with E-state index in [1.165, 1.54) is 17.5 Å². The first kappa shape index (κ1) is 13.6. The number of hydrogen-bond donors (Lipinski definition) is 1. The zero-order valence-electron chi connectivity index (χ0n) is 11.4. The molecule has 0 amide bonds. The van der Waals surface area contributed by atoms with Crippen molar-refractivity contribution in [2.45, 2.75) is 44.6 Å². The van der Waals surface area contributed by atoms with Crippen molar-refractivity contribution in [1.82, 2.24) is 0 Å². The van der Waals surface area contributed by atoms with Crippen LogP contribution in [0.2, 0.25) is 0 Å². The summed E-state index contributed by atoms with van der Waals surface area (Å²) in [5, 5.41) is 10.6. The van der Waals surface area contributed by atoms with Gasteiger partial charge in [-0.05, 0) is 42.7 Å². The molecule has 0 aromatic heterocycles. The number of aliphatic hydroxyl groups is 1. The molecule has 100 valence electrons. The predicted molar refractivity (Wildman–Crippen MR) is 73.8 cm³/mol. The van der Waals surface area contributed by atoms with Crippen LogP contribution < -0.4 is 0 Å². The maximum atomic E-state index is 10.6. The maximum absolute atomic E-state index is 10.6. The van der Waals surface area contributed by atoms with E-state index in [-0.39, 0.29) is 6.10 Å². The largest absolute Gasteiger partial charge is 0.392 e. The fourth-order valence-corrected chi connectivity index (χ4v) is 3.02. The number of hydrogen-bond acceptors (Lipinski definition) is 2. The Labute approximate surface area is 110 Å². The Morgan fingerprint density at radius 2 is 2.17 bits per heavy atom. The van der Waals surface area contributed by atoms with E-state index in [1.54, 1.807) is 7.11 Å². The van der Waals surface area contributed by atoms with E-state index in [4.69, 9.17) is 4.74 Å². The SMILES string of the molecule is COCCC(C)C(O)C1CCCc2ccccc21. The van der Waals surface area contributed by atoms with Crippen molar-refractivity contribution >= 4 is 0 Å². The lowest BCUT2D eigenvalue weighted by atomic mass is 9.76. The van der Waals surface area contributed by atoms with Crippen LogP contribution in [-0.2, 0) is 11.2 Å². The molecular weight excluding hydrogens is 224 g/mol. The van der Waals surface area contributed by atoms with Gasteiger partial charge in [0, 0.05) is 19.6 Å². The average molecular weight is 248 g/mol. The molecular formula is C16H24O2. The third kappa shape index (κ3) is 2.93. The summed E-state index contributed by atoms with van der Waals surface area (Å²) in [7, 11) is 1.72. The van der Waals surface area contributed by atoms with Crippen molar-refractivity contribution < 1.29 is 9.84 Å². The van der Waals surface area contributed by atoms with E-state index in [1.807, 2.05) is 0 Å². The Morgan fingerprint density at radius 1 is 1.39 bits per heavy atom. The summed E-state index contributed by atoms with van der Waals surface area (Å²) in [4.78, 5) is 0. The number of rotatable bonds is 5. The minimum atomic E-state index is -0.249. The third-order valence-electron chi connectivity index (χ3n) is 4.19. The van der Waals surface area contributed by atoms with Crippen molar-refractivity contribution in [2.24, 2.45) is 5.92 Å². The van der Waals surface area contributed by atoms with Crippen LogP contribution in [0, 0.1) is 5.92 Å². The quantitative estimate of drug-likeness (QED) is 0.867. The molecule has 2 nitrogen and oxygen atoms in total. The van der Waals surface area contributed by atoms with Gasteiger partial charge in [0.05, 0.1) is 6.10 Å². The molecule has 18 heavy (non-hydrogen) atoms. The van der Waals surface area contributed by atoms with Gasteiger partial charge in [0.25, 0.3) is 0 Å². The predicted octanol–water partition coefficient (Wildman–Crippen LogP) is 3.14. The van der Waals surface area contributed by atoms with Gasteiger partial charge in [0.15, 0.2) is 0 Å². The molecule has 0 bridgehead atoms. The van der Waals surface area contributed by atoms with E-state index in [2.05, 4.69) is 31.2 Å². The number of ether oxygens (including phenoxy) is 1. The van der Waals surface area contributed by atoms with E-state index < -0.39 is 0 Å². The van der Waals surface area contributed by atoms with Crippen LogP contribution >= 0.6 is 0 Å². The van der Waals surface area contributed by atoms with Crippen LogP contribution in [0.15, 0.2) is 24.3 Å². The standard InChI is InChI=1S/C16H24O2/c1-12(10-11-18-2)16(17)15-9-5-7-13-6-3-4-8-14(13)15/h3-4,6,8,12,15-17H,5,7,9-11H2,1-2H3. The Hall–Kier alpha value is -0.860.